The summed E-state index contributed by atoms with van der Waals surface area (Å²) in [5.74, 6) is -0.715. The van der Waals surface area contributed by atoms with Gasteiger partial charge in [0.1, 0.15) is 5.70 Å². The molecule has 1 aliphatic rings. The van der Waals surface area contributed by atoms with Gasteiger partial charge < -0.3 is 10.0 Å². The SMILES string of the molecule is Cc1ccc(C2=C(N(C)CCO)C(=O)N(c3ccc(C)cc3)C2=O)cc1. The predicted octanol–water partition coefficient (Wildman–Crippen LogP) is 2.51. The second kappa shape index (κ2) is 7.14. The lowest BCUT2D eigenvalue weighted by atomic mass is 10.0. The zero-order chi connectivity index (χ0) is 18.8. The molecule has 0 aromatic heterocycles. The number of likely N-dealkylation sites (N-methyl/N-ethyl adjacent to an activating group) is 1. The number of carbonyl (C=O) groups excluding carboxylic acids is 2. The molecule has 2 aromatic carbocycles. The van der Waals surface area contributed by atoms with Gasteiger partial charge >= 0.3 is 0 Å². The van der Waals surface area contributed by atoms with E-state index in [1.165, 1.54) is 4.90 Å². The van der Waals surface area contributed by atoms with E-state index in [1.54, 1.807) is 24.1 Å². The first-order valence-electron chi connectivity index (χ1n) is 8.53. The van der Waals surface area contributed by atoms with Crippen LogP contribution in [-0.4, -0.2) is 42.0 Å². The summed E-state index contributed by atoms with van der Waals surface area (Å²) in [5.41, 5.74) is 4.05. The van der Waals surface area contributed by atoms with Gasteiger partial charge in [-0.05, 0) is 31.5 Å². The first kappa shape index (κ1) is 17.9. The second-order valence-corrected chi connectivity index (χ2v) is 6.52. The molecule has 0 fully saturated rings. The number of anilines is 1. The Hall–Kier alpha value is -2.92. The van der Waals surface area contributed by atoms with Crippen molar-refractivity contribution in [2.24, 2.45) is 0 Å². The van der Waals surface area contributed by atoms with Crippen molar-refractivity contribution in [1.29, 1.82) is 0 Å². The Morgan fingerprint density at radius 2 is 1.42 bits per heavy atom. The summed E-state index contributed by atoms with van der Waals surface area (Å²) in [5, 5.41) is 9.28. The van der Waals surface area contributed by atoms with Gasteiger partial charge in [-0.3, -0.25) is 9.59 Å². The average molecular weight is 350 g/mol. The molecular formula is C21H22N2O3. The third kappa shape index (κ3) is 3.13. The molecule has 1 N–H and O–H groups in total. The van der Waals surface area contributed by atoms with Crippen molar-refractivity contribution < 1.29 is 14.7 Å². The van der Waals surface area contributed by atoms with Crippen LogP contribution in [0.2, 0.25) is 0 Å². The second-order valence-electron chi connectivity index (χ2n) is 6.52. The molecule has 0 unspecified atom stereocenters. The summed E-state index contributed by atoms with van der Waals surface area (Å²) in [6, 6.07) is 14.8. The molecule has 0 saturated heterocycles. The molecule has 5 heteroatoms. The topological polar surface area (TPSA) is 60.9 Å². The Bertz CT molecular complexity index is 867. The van der Waals surface area contributed by atoms with E-state index in [2.05, 4.69) is 0 Å². The van der Waals surface area contributed by atoms with Crippen molar-refractivity contribution in [2.45, 2.75) is 13.8 Å². The van der Waals surface area contributed by atoms with Crippen molar-refractivity contribution in [2.75, 3.05) is 25.1 Å². The van der Waals surface area contributed by atoms with E-state index in [-0.39, 0.29) is 25.0 Å². The predicted molar refractivity (Wildman–Crippen MR) is 101 cm³/mol. The van der Waals surface area contributed by atoms with Crippen LogP contribution in [0.3, 0.4) is 0 Å². The van der Waals surface area contributed by atoms with Gasteiger partial charge in [-0.15, -0.1) is 0 Å². The molecular weight excluding hydrogens is 328 g/mol. The van der Waals surface area contributed by atoms with E-state index in [9.17, 15) is 14.7 Å². The standard InChI is InChI=1S/C21H22N2O3/c1-14-4-8-16(9-5-14)18-19(22(3)12-13-24)21(26)23(20(18)25)17-10-6-15(2)7-11-17/h4-11,24H,12-13H2,1-3H3. The van der Waals surface area contributed by atoms with Crippen molar-refractivity contribution in [3.63, 3.8) is 0 Å². The van der Waals surface area contributed by atoms with Crippen molar-refractivity contribution >= 4 is 23.1 Å². The largest absolute Gasteiger partial charge is 0.395 e. The van der Waals surface area contributed by atoms with Crippen LogP contribution in [0.5, 0.6) is 0 Å². The normalized spacial score (nSPS) is 14.4. The van der Waals surface area contributed by atoms with E-state index in [0.717, 1.165) is 11.1 Å². The molecule has 26 heavy (non-hydrogen) atoms. The van der Waals surface area contributed by atoms with Crippen LogP contribution in [0.1, 0.15) is 16.7 Å². The molecule has 0 radical (unpaired) electrons. The monoisotopic (exact) mass is 350 g/mol. The number of hydrogen-bond acceptors (Lipinski definition) is 4. The highest BCUT2D eigenvalue weighted by molar-refractivity contribution is 6.45. The molecule has 1 heterocycles. The van der Waals surface area contributed by atoms with E-state index in [0.29, 0.717) is 22.5 Å². The fraction of sp³-hybridized carbons (Fsp3) is 0.238. The van der Waals surface area contributed by atoms with Crippen molar-refractivity contribution in [3.05, 3.63) is 70.9 Å². The Kier molecular flexibility index (Phi) is 4.91. The number of amides is 2. The highest BCUT2D eigenvalue weighted by Gasteiger charge is 2.41. The van der Waals surface area contributed by atoms with E-state index in [4.69, 9.17) is 0 Å². The minimum atomic E-state index is -0.370. The molecule has 0 bridgehead atoms. The molecule has 0 aliphatic carbocycles. The lowest BCUT2D eigenvalue weighted by Crippen LogP contribution is -2.34. The molecule has 2 amide bonds. The first-order chi connectivity index (χ1) is 12.4. The fourth-order valence-electron chi connectivity index (χ4n) is 3.04. The van der Waals surface area contributed by atoms with E-state index in [1.807, 2.05) is 50.2 Å². The van der Waals surface area contributed by atoms with E-state index < -0.39 is 0 Å². The Balaban J connectivity index is 2.11. The maximum absolute atomic E-state index is 13.2. The minimum Gasteiger partial charge on any atom is -0.395 e. The van der Waals surface area contributed by atoms with Gasteiger partial charge in [-0.2, -0.15) is 0 Å². The van der Waals surface area contributed by atoms with Gasteiger partial charge in [0.15, 0.2) is 0 Å². The number of imide groups is 1. The lowest BCUT2D eigenvalue weighted by molar-refractivity contribution is -0.120. The van der Waals surface area contributed by atoms with Crippen LogP contribution in [0, 0.1) is 13.8 Å². The summed E-state index contributed by atoms with van der Waals surface area (Å²) in [7, 11) is 1.71. The maximum atomic E-state index is 13.2. The molecule has 5 nitrogen and oxygen atoms in total. The average Bonchev–Trinajstić information content (AvgIpc) is 2.88. The minimum absolute atomic E-state index is 0.104. The van der Waals surface area contributed by atoms with E-state index >= 15 is 0 Å². The van der Waals surface area contributed by atoms with Crippen LogP contribution >= 0.6 is 0 Å². The number of rotatable bonds is 5. The summed E-state index contributed by atoms with van der Waals surface area (Å²) in [6.45, 7) is 4.09. The van der Waals surface area contributed by atoms with Crippen LogP contribution in [0.25, 0.3) is 5.57 Å². The maximum Gasteiger partial charge on any atom is 0.282 e. The highest BCUT2D eigenvalue weighted by Crippen LogP contribution is 2.34. The number of aliphatic hydroxyl groups excluding tert-OH is 1. The Labute approximate surface area is 153 Å². The van der Waals surface area contributed by atoms with Gasteiger partial charge in [0.25, 0.3) is 11.8 Å². The number of hydrogen-bond donors (Lipinski definition) is 1. The number of benzene rings is 2. The highest BCUT2D eigenvalue weighted by atomic mass is 16.3. The van der Waals surface area contributed by atoms with Crippen molar-refractivity contribution in [3.8, 4) is 0 Å². The smallest absolute Gasteiger partial charge is 0.282 e. The zero-order valence-corrected chi connectivity index (χ0v) is 15.2. The molecule has 2 aromatic rings. The van der Waals surface area contributed by atoms with Gasteiger partial charge in [0, 0.05) is 13.6 Å². The van der Waals surface area contributed by atoms with Gasteiger partial charge in [0.05, 0.1) is 17.9 Å². The molecule has 0 atom stereocenters. The van der Waals surface area contributed by atoms with Gasteiger partial charge in [-0.1, -0.05) is 47.5 Å². The van der Waals surface area contributed by atoms with Crippen LogP contribution in [0.4, 0.5) is 5.69 Å². The fourth-order valence-corrected chi connectivity index (χ4v) is 3.04. The summed E-state index contributed by atoms with van der Waals surface area (Å²) >= 11 is 0. The van der Waals surface area contributed by atoms with Gasteiger partial charge in [0.2, 0.25) is 0 Å². The Morgan fingerprint density at radius 1 is 0.885 bits per heavy atom. The number of nitrogens with zero attached hydrogens (tertiary/aromatic N) is 2. The summed E-state index contributed by atoms with van der Waals surface area (Å²) in [6.07, 6.45) is 0. The van der Waals surface area contributed by atoms with Crippen molar-refractivity contribution in [1.82, 2.24) is 4.90 Å². The lowest BCUT2D eigenvalue weighted by Gasteiger charge is -2.20. The zero-order valence-electron chi connectivity index (χ0n) is 15.2. The Morgan fingerprint density at radius 3 is 1.96 bits per heavy atom. The first-order valence-corrected chi connectivity index (χ1v) is 8.53. The molecule has 0 spiro atoms. The summed E-state index contributed by atoms with van der Waals surface area (Å²) in [4.78, 5) is 29.1. The van der Waals surface area contributed by atoms with Crippen LogP contribution < -0.4 is 4.90 Å². The molecule has 0 saturated carbocycles. The number of aliphatic hydroxyl groups is 1. The quantitative estimate of drug-likeness (QED) is 0.842. The van der Waals surface area contributed by atoms with Crippen LogP contribution in [-0.2, 0) is 9.59 Å². The van der Waals surface area contributed by atoms with Crippen LogP contribution in [0.15, 0.2) is 54.2 Å². The molecule has 3 rings (SSSR count). The summed E-state index contributed by atoms with van der Waals surface area (Å²) < 4.78 is 0. The third-order valence-electron chi connectivity index (χ3n) is 4.51. The molecule has 134 valence electrons. The number of carbonyl (C=O) groups is 2. The van der Waals surface area contributed by atoms with Gasteiger partial charge in [-0.25, -0.2) is 4.90 Å². The third-order valence-corrected chi connectivity index (χ3v) is 4.51. The molecule has 1 aliphatic heterocycles. The number of aryl methyl sites for hydroxylation is 2.